The Morgan fingerprint density at radius 2 is 1.97 bits per heavy atom. The maximum atomic E-state index is 13.0. The van der Waals surface area contributed by atoms with Crippen LogP contribution in [0.3, 0.4) is 0 Å². The molecule has 4 rings (SSSR count). The zero-order valence-corrected chi connectivity index (χ0v) is 16.1. The van der Waals surface area contributed by atoms with Crippen molar-refractivity contribution >= 4 is 17.5 Å². The number of aromatic nitrogens is 4. The Balaban J connectivity index is 1.81. The van der Waals surface area contributed by atoms with Gasteiger partial charge in [-0.2, -0.15) is 20.0 Å². The average molecular weight is 412 g/mol. The first-order valence-electron chi connectivity index (χ1n) is 9.19. The molecule has 0 spiro atoms. The van der Waals surface area contributed by atoms with Crippen molar-refractivity contribution in [2.45, 2.75) is 31.4 Å². The first kappa shape index (κ1) is 19.2. The van der Waals surface area contributed by atoms with E-state index in [1.807, 2.05) is 0 Å². The van der Waals surface area contributed by atoms with Gasteiger partial charge in [0.05, 0.1) is 35.9 Å². The van der Waals surface area contributed by atoms with Crippen molar-refractivity contribution in [3.8, 4) is 16.9 Å². The van der Waals surface area contributed by atoms with Crippen LogP contribution in [0.5, 0.6) is 0 Å². The summed E-state index contributed by atoms with van der Waals surface area (Å²) >= 11 is 5.96. The van der Waals surface area contributed by atoms with Crippen LogP contribution in [0, 0.1) is 0 Å². The van der Waals surface area contributed by atoms with Crippen molar-refractivity contribution in [3.05, 3.63) is 69.7 Å². The Labute approximate surface area is 171 Å². The van der Waals surface area contributed by atoms with E-state index in [4.69, 9.17) is 11.6 Å². The van der Waals surface area contributed by atoms with Crippen LogP contribution in [0.1, 0.15) is 29.6 Å². The third-order valence-corrected chi connectivity index (χ3v) is 5.16. The minimum absolute atomic E-state index is 0.0686. The second-order valence-electron chi connectivity index (χ2n) is 6.85. The van der Waals surface area contributed by atoms with Crippen LogP contribution in [-0.4, -0.2) is 43.1 Å². The van der Waals surface area contributed by atoms with Gasteiger partial charge in [0.1, 0.15) is 5.56 Å². The van der Waals surface area contributed by atoms with E-state index in [1.54, 1.807) is 30.3 Å². The van der Waals surface area contributed by atoms with E-state index in [0.717, 1.165) is 11.1 Å². The number of nitrogens with one attached hydrogen (secondary N) is 1. The van der Waals surface area contributed by atoms with E-state index < -0.39 is 17.6 Å². The maximum absolute atomic E-state index is 13.0. The number of aliphatic hydroxyl groups excluding tert-OH is 1. The van der Waals surface area contributed by atoms with Crippen LogP contribution in [0.4, 0.5) is 0 Å². The fourth-order valence-corrected chi connectivity index (χ4v) is 3.48. The molecule has 2 atom stereocenters. The summed E-state index contributed by atoms with van der Waals surface area (Å²) in [4.78, 5) is 25.9. The number of nitrogens with zero attached hydrogens (tertiary/aromatic N) is 4. The van der Waals surface area contributed by atoms with Crippen molar-refractivity contribution in [3.63, 3.8) is 0 Å². The number of aliphatic hydroxyl groups is 1. The van der Waals surface area contributed by atoms with Gasteiger partial charge < -0.3 is 10.4 Å². The summed E-state index contributed by atoms with van der Waals surface area (Å²) in [6.07, 6.45) is 4.35. The number of hydrogen-bond donors (Lipinski definition) is 2. The van der Waals surface area contributed by atoms with Crippen LogP contribution in [0.25, 0.3) is 16.9 Å². The lowest BCUT2D eigenvalue weighted by Gasteiger charge is -2.17. The molecule has 0 radical (unpaired) electrons. The molecule has 0 saturated heterocycles. The fraction of sp³-hybridized carbons (Fsp3) is 0.250. The molecular weight excluding hydrogens is 394 g/mol. The summed E-state index contributed by atoms with van der Waals surface area (Å²) in [6.45, 7) is 0. The van der Waals surface area contributed by atoms with E-state index in [9.17, 15) is 14.7 Å². The monoisotopic (exact) mass is 411 g/mol. The zero-order chi connectivity index (χ0) is 20.4. The van der Waals surface area contributed by atoms with Gasteiger partial charge in [-0.1, -0.05) is 23.7 Å². The molecule has 2 heterocycles. The van der Waals surface area contributed by atoms with Crippen LogP contribution in [0.2, 0.25) is 5.02 Å². The van der Waals surface area contributed by atoms with Gasteiger partial charge in [0.15, 0.2) is 0 Å². The Morgan fingerprint density at radius 1 is 1.17 bits per heavy atom. The van der Waals surface area contributed by atoms with Gasteiger partial charge in [0, 0.05) is 10.6 Å². The van der Waals surface area contributed by atoms with Gasteiger partial charge in [0.25, 0.3) is 11.5 Å². The number of carbonyl (C=O) groups excluding carboxylic acids is 1. The van der Waals surface area contributed by atoms with Crippen molar-refractivity contribution in [2.24, 2.45) is 0 Å². The normalized spacial score (nSPS) is 18.6. The van der Waals surface area contributed by atoms with Crippen LogP contribution < -0.4 is 10.9 Å². The summed E-state index contributed by atoms with van der Waals surface area (Å²) in [5, 5.41) is 25.2. The second-order valence-corrected chi connectivity index (χ2v) is 7.28. The van der Waals surface area contributed by atoms with Crippen LogP contribution in [-0.2, 0) is 0 Å². The third kappa shape index (κ3) is 4.03. The summed E-state index contributed by atoms with van der Waals surface area (Å²) in [7, 11) is 0. The van der Waals surface area contributed by atoms with E-state index in [1.165, 1.54) is 18.5 Å². The number of amides is 1. The highest BCUT2D eigenvalue weighted by molar-refractivity contribution is 6.30. The predicted molar refractivity (Wildman–Crippen MR) is 107 cm³/mol. The molecule has 1 aliphatic carbocycles. The van der Waals surface area contributed by atoms with Crippen molar-refractivity contribution < 1.29 is 9.90 Å². The predicted octanol–water partition coefficient (Wildman–Crippen LogP) is 1.99. The SMILES string of the molecule is O=C(N[C@H]1CCC[C@@H]1O)c1cc(-c2ccc(Cl)cc2)nn(-c2ccnnc2)c1=O. The Hall–Kier alpha value is -3.10. The Morgan fingerprint density at radius 3 is 2.62 bits per heavy atom. The lowest BCUT2D eigenvalue weighted by Crippen LogP contribution is -2.42. The van der Waals surface area contributed by atoms with Gasteiger partial charge in [0.2, 0.25) is 0 Å². The molecule has 8 nitrogen and oxygen atoms in total. The van der Waals surface area contributed by atoms with Gasteiger partial charge in [-0.3, -0.25) is 9.59 Å². The van der Waals surface area contributed by atoms with Gasteiger partial charge in [-0.25, -0.2) is 0 Å². The average Bonchev–Trinajstić information content (AvgIpc) is 3.14. The summed E-state index contributed by atoms with van der Waals surface area (Å²) < 4.78 is 1.12. The van der Waals surface area contributed by atoms with E-state index in [2.05, 4.69) is 20.6 Å². The molecule has 29 heavy (non-hydrogen) atoms. The van der Waals surface area contributed by atoms with Gasteiger partial charge in [-0.15, -0.1) is 0 Å². The number of halogens is 1. The first-order chi connectivity index (χ1) is 14.0. The van der Waals surface area contributed by atoms with Crippen molar-refractivity contribution in [2.75, 3.05) is 0 Å². The highest BCUT2D eigenvalue weighted by Gasteiger charge is 2.28. The smallest absolute Gasteiger partial charge is 0.284 e. The molecule has 1 aliphatic rings. The molecule has 2 N–H and O–H groups in total. The van der Waals surface area contributed by atoms with E-state index in [0.29, 0.717) is 34.8 Å². The zero-order valence-electron chi connectivity index (χ0n) is 15.3. The van der Waals surface area contributed by atoms with Crippen molar-refractivity contribution in [1.82, 2.24) is 25.3 Å². The fourth-order valence-electron chi connectivity index (χ4n) is 3.36. The lowest BCUT2D eigenvalue weighted by molar-refractivity contribution is 0.0871. The quantitative estimate of drug-likeness (QED) is 0.679. The molecule has 1 fully saturated rings. The molecule has 0 aliphatic heterocycles. The minimum Gasteiger partial charge on any atom is -0.391 e. The van der Waals surface area contributed by atoms with Crippen molar-refractivity contribution in [1.29, 1.82) is 0 Å². The van der Waals surface area contributed by atoms with E-state index in [-0.39, 0.29) is 11.6 Å². The number of carbonyl (C=O) groups is 1. The highest BCUT2D eigenvalue weighted by Crippen LogP contribution is 2.22. The largest absolute Gasteiger partial charge is 0.391 e. The molecule has 1 saturated carbocycles. The molecule has 148 valence electrons. The number of rotatable bonds is 4. The van der Waals surface area contributed by atoms with E-state index >= 15 is 0 Å². The highest BCUT2D eigenvalue weighted by atomic mass is 35.5. The second kappa shape index (κ2) is 8.10. The van der Waals surface area contributed by atoms with Gasteiger partial charge in [-0.05, 0) is 43.5 Å². The summed E-state index contributed by atoms with van der Waals surface area (Å²) in [5.74, 6) is -0.547. The molecular formula is C20H18ClN5O3. The Kier molecular flexibility index (Phi) is 5.37. The number of hydrogen-bond acceptors (Lipinski definition) is 6. The molecule has 0 bridgehead atoms. The first-order valence-corrected chi connectivity index (χ1v) is 9.57. The van der Waals surface area contributed by atoms with Crippen LogP contribution in [0.15, 0.2) is 53.6 Å². The molecule has 0 unspecified atom stereocenters. The molecule has 1 aromatic carbocycles. The minimum atomic E-state index is -0.608. The Bertz CT molecular complexity index is 1090. The third-order valence-electron chi connectivity index (χ3n) is 4.91. The lowest BCUT2D eigenvalue weighted by atomic mass is 10.1. The molecule has 1 amide bonds. The topological polar surface area (TPSA) is 110 Å². The van der Waals surface area contributed by atoms with Crippen LogP contribution >= 0.6 is 11.6 Å². The standard InChI is InChI=1S/C20H18ClN5O3/c21-13-6-4-12(5-7-13)17-10-15(19(28)24-16-2-1-3-18(16)27)20(29)26(25-17)14-8-9-22-23-11-14/h4-11,16,18,27H,1-3H2,(H,24,28)/t16-,18-/m0/s1. The molecule has 3 aromatic rings. The maximum Gasteiger partial charge on any atom is 0.284 e. The number of benzene rings is 1. The van der Waals surface area contributed by atoms with Gasteiger partial charge >= 0.3 is 0 Å². The summed E-state index contributed by atoms with van der Waals surface area (Å²) in [6, 6.07) is 9.58. The summed E-state index contributed by atoms with van der Waals surface area (Å²) in [5.41, 5.74) is 0.854. The molecule has 2 aromatic heterocycles. The molecule has 9 heteroatoms.